The van der Waals surface area contributed by atoms with Gasteiger partial charge in [-0.15, -0.1) is 0 Å². The van der Waals surface area contributed by atoms with Gasteiger partial charge < -0.3 is 4.90 Å². The van der Waals surface area contributed by atoms with Crippen molar-refractivity contribution in [1.82, 2.24) is 14.2 Å². The molecule has 4 rings (SSSR count). The van der Waals surface area contributed by atoms with Gasteiger partial charge in [0.1, 0.15) is 6.04 Å². The highest BCUT2D eigenvalue weighted by atomic mass is 35.5. The van der Waals surface area contributed by atoms with Crippen molar-refractivity contribution in [3.63, 3.8) is 0 Å². The molecule has 2 aliphatic heterocycles. The highest BCUT2D eigenvalue weighted by molar-refractivity contribution is 7.89. The Labute approximate surface area is 195 Å². The van der Waals surface area contributed by atoms with Crippen molar-refractivity contribution in [3.8, 4) is 0 Å². The first-order valence-corrected chi connectivity index (χ1v) is 12.3. The molecular formula is C21H21Cl2F2N3O3S. The second-order valence-corrected chi connectivity index (χ2v) is 10.7. The molecule has 1 unspecified atom stereocenters. The van der Waals surface area contributed by atoms with Gasteiger partial charge in [-0.2, -0.15) is 4.31 Å². The molecule has 2 fully saturated rings. The summed E-state index contributed by atoms with van der Waals surface area (Å²) in [6, 6.07) is 6.88. The maximum Gasteiger partial charge on any atom is 0.244 e. The van der Waals surface area contributed by atoms with E-state index in [0.29, 0.717) is 12.1 Å². The summed E-state index contributed by atoms with van der Waals surface area (Å²) in [7, 11) is -4.32. The normalized spacial score (nSPS) is 24.6. The molecule has 1 aromatic carbocycles. The van der Waals surface area contributed by atoms with E-state index in [1.165, 1.54) is 23.1 Å². The monoisotopic (exact) mass is 503 g/mol. The van der Waals surface area contributed by atoms with Crippen LogP contribution in [-0.2, 0) is 21.4 Å². The number of rotatable bonds is 5. The molecule has 172 valence electrons. The minimum Gasteiger partial charge on any atom is -0.335 e. The van der Waals surface area contributed by atoms with Crippen LogP contribution in [0.4, 0.5) is 8.78 Å². The fourth-order valence-corrected chi connectivity index (χ4v) is 7.14. The van der Waals surface area contributed by atoms with Crippen molar-refractivity contribution in [2.75, 3.05) is 6.54 Å². The van der Waals surface area contributed by atoms with Gasteiger partial charge in [0.15, 0.2) is 0 Å². The van der Waals surface area contributed by atoms with E-state index in [9.17, 15) is 22.0 Å². The average molecular weight is 504 g/mol. The minimum atomic E-state index is -4.32. The van der Waals surface area contributed by atoms with Gasteiger partial charge in [0.05, 0.1) is 23.1 Å². The lowest BCUT2D eigenvalue weighted by molar-refractivity contribution is -0.135. The lowest BCUT2D eigenvalue weighted by Gasteiger charge is -2.40. The highest BCUT2D eigenvalue weighted by Gasteiger charge is 2.52. The Balaban J connectivity index is 1.78. The van der Waals surface area contributed by atoms with Crippen LogP contribution in [0.3, 0.4) is 0 Å². The van der Waals surface area contributed by atoms with Gasteiger partial charge in [-0.05, 0) is 49.6 Å². The molecule has 2 bridgehead atoms. The number of carbonyl (C=O) groups excluding carboxylic acids is 1. The summed E-state index contributed by atoms with van der Waals surface area (Å²) in [6.07, 6.45) is -0.289. The van der Waals surface area contributed by atoms with Crippen LogP contribution in [0.5, 0.6) is 0 Å². The predicted octanol–water partition coefficient (Wildman–Crippen LogP) is 4.22. The second-order valence-electron chi connectivity index (χ2n) is 7.99. The standard InChI is InChI=1S/C21H21Cl2F2N3O3S/c22-13-8-14(23)10-16(9-13)32(30,31)28-18-5-3-6-19(28)21(29)27(12-17(18)20(24)25)11-15-4-1-2-7-26-15/h1-2,4,7-10,17-20H,3,5-6,11-12H2/t17-,18-,19?/m0/s1. The van der Waals surface area contributed by atoms with Gasteiger partial charge in [-0.3, -0.25) is 9.78 Å². The van der Waals surface area contributed by atoms with Crippen LogP contribution in [0.15, 0.2) is 47.5 Å². The quantitative estimate of drug-likeness (QED) is 0.612. The number of fused-ring (bicyclic) bond motifs is 2. The lowest BCUT2D eigenvalue weighted by atomic mass is 9.90. The van der Waals surface area contributed by atoms with E-state index >= 15 is 0 Å². The number of amides is 1. The van der Waals surface area contributed by atoms with Gasteiger partial charge in [-0.1, -0.05) is 29.3 Å². The Morgan fingerprint density at radius 2 is 1.84 bits per heavy atom. The largest absolute Gasteiger partial charge is 0.335 e. The predicted molar refractivity (Wildman–Crippen MR) is 116 cm³/mol. The van der Waals surface area contributed by atoms with Crippen LogP contribution < -0.4 is 0 Å². The zero-order valence-electron chi connectivity index (χ0n) is 16.9. The molecule has 0 spiro atoms. The van der Waals surface area contributed by atoms with Gasteiger partial charge in [0, 0.05) is 28.8 Å². The number of sulfonamides is 1. The summed E-state index contributed by atoms with van der Waals surface area (Å²) in [5.41, 5.74) is 0.543. The zero-order valence-corrected chi connectivity index (χ0v) is 19.2. The molecular weight excluding hydrogens is 483 g/mol. The van der Waals surface area contributed by atoms with Crippen molar-refractivity contribution >= 4 is 39.1 Å². The van der Waals surface area contributed by atoms with Crippen LogP contribution in [0.25, 0.3) is 0 Å². The molecule has 0 radical (unpaired) electrons. The Hall–Kier alpha value is -1.81. The molecule has 0 saturated carbocycles. The summed E-state index contributed by atoms with van der Waals surface area (Å²) >= 11 is 12.0. The molecule has 11 heteroatoms. The molecule has 2 aromatic rings. The van der Waals surface area contributed by atoms with E-state index < -0.39 is 40.4 Å². The number of piperidine rings is 1. The van der Waals surface area contributed by atoms with Crippen LogP contribution >= 0.6 is 23.2 Å². The lowest BCUT2D eigenvalue weighted by Crippen LogP contribution is -2.55. The average Bonchev–Trinajstić information content (AvgIpc) is 2.81. The fraction of sp³-hybridized carbons (Fsp3) is 0.429. The number of halogens is 4. The maximum atomic E-state index is 14.2. The third-order valence-corrected chi connectivity index (χ3v) is 8.30. The van der Waals surface area contributed by atoms with Gasteiger partial charge >= 0.3 is 0 Å². The van der Waals surface area contributed by atoms with E-state index in [2.05, 4.69) is 4.98 Å². The van der Waals surface area contributed by atoms with Crippen molar-refractivity contribution in [1.29, 1.82) is 0 Å². The van der Waals surface area contributed by atoms with Gasteiger partial charge in [-0.25, -0.2) is 17.2 Å². The van der Waals surface area contributed by atoms with Crippen molar-refractivity contribution in [3.05, 3.63) is 58.3 Å². The third-order valence-electron chi connectivity index (χ3n) is 5.95. The van der Waals surface area contributed by atoms with E-state index in [0.717, 1.165) is 4.31 Å². The topological polar surface area (TPSA) is 70.6 Å². The molecule has 2 aliphatic rings. The first-order valence-electron chi connectivity index (χ1n) is 10.1. The number of carbonyl (C=O) groups is 1. The number of hydrogen-bond acceptors (Lipinski definition) is 4. The number of alkyl halides is 2. The van der Waals surface area contributed by atoms with Crippen LogP contribution in [0.1, 0.15) is 25.0 Å². The molecule has 1 aromatic heterocycles. The Bertz CT molecular complexity index is 1080. The van der Waals surface area contributed by atoms with Gasteiger partial charge in [0.25, 0.3) is 0 Å². The maximum absolute atomic E-state index is 14.2. The van der Waals surface area contributed by atoms with Crippen LogP contribution in [0.2, 0.25) is 10.0 Å². The SMILES string of the molecule is O=C1C2CCC[C@@H]([C@@H](C(F)F)CN1Cc1ccccn1)N2S(=O)(=O)c1cc(Cl)cc(Cl)c1. The molecule has 0 aliphatic carbocycles. The summed E-state index contributed by atoms with van der Waals surface area (Å²) < 4.78 is 56.6. The third kappa shape index (κ3) is 4.48. The van der Waals surface area contributed by atoms with E-state index in [4.69, 9.17) is 23.2 Å². The number of benzene rings is 1. The zero-order chi connectivity index (χ0) is 23.0. The van der Waals surface area contributed by atoms with Gasteiger partial charge in [0.2, 0.25) is 22.4 Å². The molecule has 3 heterocycles. The number of hydrogen-bond donors (Lipinski definition) is 0. The summed E-state index contributed by atoms with van der Waals surface area (Å²) in [5.74, 6) is -1.84. The first-order chi connectivity index (χ1) is 15.2. The number of nitrogens with zero attached hydrogens (tertiary/aromatic N) is 3. The Morgan fingerprint density at radius 3 is 2.47 bits per heavy atom. The molecule has 1 amide bonds. The summed E-state index contributed by atoms with van der Waals surface area (Å²) in [5, 5.41) is 0.203. The van der Waals surface area contributed by atoms with Crippen LogP contribution in [-0.4, -0.2) is 53.6 Å². The van der Waals surface area contributed by atoms with E-state index in [1.807, 2.05) is 0 Å². The van der Waals surface area contributed by atoms with Crippen molar-refractivity contribution < 1.29 is 22.0 Å². The molecule has 2 saturated heterocycles. The van der Waals surface area contributed by atoms with Crippen molar-refractivity contribution in [2.24, 2.45) is 5.92 Å². The smallest absolute Gasteiger partial charge is 0.244 e. The summed E-state index contributed by atoms with van der Waals surface area (Å²) in [4.78, 5) is 18.7. The number of pyridine rings is 1. The Morgan fingerprint density at radius 1 is 1.12 bits per heavy atom. The van der Waals surface area contributed by atoms with E-state index in [-0.39, 0.29) is 40.9 Å². The van der Waals surface area contributed by atoms with Crippen LogP contribution in [0, 0.1) is 5.92 Å². The Kier molecular flexibility index (Phi) is 6.72. The fourth-order valence-electron chi connectivity index (χ4n) is 4.54. The van der Waals surface area contributed by atoms with Crippen molar-refractivity contribution in [2.45, 2.75) is 49.2 Å². The first kappa shape index (κ1) is 23.4. The molecule has 32 heavy (non-hydrogen) atoms. The molecule has 0 N–H and O–H groups in total. The second kappa shape index (κ2) is 9.21. The van der Waals surface area contributed by atoms with E-state index in [1.54, 1.807) is 24.4 Å². The molecule has 3 atom stereocenters. The highest BCUT2D eigenvalue weighted by Crippen LogP contribution is 2.40. The summed E-state index contributed by atoms with van der Waals surface area (Å²) in [6.45, 7) is -0.223. The number of aromatic nitrogens is 1. The molecule has 6 nitrogen and oxygen atoms in total. The minimum absolute atomic E-state index is 0.0307.